The van der Waals surface area contributed by atoms with E-state index in [1.54, 1.807) is 6.07 Å². The van der Waals surface area contributed by atoms with Crippen LogP contribution in [0.5, 0.6) is 0 Å². The number of hydrogen-bond acceptors (Lipinski definition) is 3. The molecule has 0 saturated heterocycles. The zero-order chi connectivity index (χ0) is 12.8. The molecule has 0 radical (unpaired) electrons. The molecule has 0 aliphatic heterocycles. The normalized spacial score (nSPS) is 10.0. The number of carbonyl (C=O) groups excluding carboxylic acids is 1. The summed E-state index contributed by atoms with van der Waals surface area (Å²) in [7, 11) is 1.52. The largest absolute Gasteiger partial charge is 0.478 e. The first-order chi connectivity index (χ1) is 8.02. The second kappa shape index (κ2) is 6.55. The van der Waals surface area contributed by atoms with Crippen LogP contribution in [0.15, 0.2) is 18.2 Å². The lowest BCUT2D eigenvalue weighted by Crippen LogP contribution is -2.14. The molecule has 6 heteroatoms. The number of rotatable bonds is 5. The lowest BCUT2D eigenvalue weighted by Gasteiger charge is -2.06. The molecule has 0 unspecified atom stereocenters. The molecule has 0 aliphatic rings. The quantitative estimate of drug-likeness (QED) is 0.797. The summed E-state index contributed by atoms with van der Waals surface area (Å²) < 4.78 is 5.53. The van der Waals surface area contributed by atoms with Crippen LogP contribution in [0.2, 0.25) is 0 Å². The van der Waals surface area contributed by atoms with Crippen molar-refractivity contribution in [3.63, 3.8) is 0 Å². The maximum atomic E-state index is 11.4. The van der Waals surface area contributed by atoms with Crippen LogP contribution in [0.3, 0.4) is 0 Å². The molecule has 0 bridgehead atoms. The van der Waals surface area contributed by atoms with Crippen molar-refractivity contribution in [2.24, 2.45) is 0 Å². The fourth-order valence-corrected chi connectivity index (χ4v) is 1.87. The van der Waals surface area contributed by atoms with Gasteiger partial charge in [-0.1, -0.05) is 0 Å². The van der Waals surface area contributed by atoms with E-state index in [9.17, 15) is 9.59 Å². The van der Waals surface area contributed by atoms with E-state index < -0.39 is 5.97 Å². The molecule has 0 aromatic heterocycles. The highest BCUT2D eigenvalue weighted by molar-refractivity contribution is 14.1. The Hall–Kier alpha value is -1.15. The van der Waals surface area contributed by atoms with E-state index >= 15 is 0 Å². The number of aromatic carboxylic acids is 1. The maximum Gasteiger partial charge on any atom is 0.335 e. The molecule has 0 spiro atoms. The van der Waals surface area contributed by atoms with Crippen LogP contribution in [0.4, 0.5) is 5.69 Å². The molecular formula is C11H12INO4. The smallest absolute Gasteiger partial charge is 0.335 e. The number of carboxylic acid groups (broad SMARTS) is 1. The van der Waals surface area contributed by atoms with Crippen molar-refractivity contribution in [1.29, 1.82) is 0 Å². The van der Waals surface area contributed by atoms with E-state index in [0.29, 0.717) is 12.3 Å². The lowest BCUT2D eigenvalue weighted by molar-refractivity contribution is -0.117. The first kappa shape index (κ1) is 13.9. The Morgan fingerprint density at radius 3 is 2.71 bits per heavy atom. The number of carboxylic acids is 1. The molecule has 2 N–H and O–H groups in total. The molecule has 0 saturated carbocycles. The first-order valence-electron chi connectivity index (χ1n) is 4.85. The predicted octanol–water partition coefficient (Wildman–Crippen LogP) is 1.96. The van der Waals surface area contributed by atoms with Crippen molar-refractivity contribution < 1.29 is 19.4 Å². The molecule has 1 aromatic carbocycles. The number of nitrogens with one attached hydrogen (secondary N) is 1. The second-order valence-corrected chi connectivity index (χ2v) is 4.57. The molecule has 92 valence electrons. The Morgan fingerprint density at radius 2 is 2.12 bits per heavy atom. The molecule has 5 nitrogen and oxygen atoms in total. The SMILES string of the molecule is COCCC(=O)Nc1cc(I)cc(C(=O)O)c1. The van der Waals surface area contributed by atoms with Crippen LogP contribution in [0.1, 0.15) is 16.8 Å². The number of halogens is 1. The Bertz CT molecular complexity index is 433. The molecule has 0 atom stereocenters. The maximum absolute atomic E-state index is 11.4. The van der Waals surface area contributed by atoms with Crippen LogP contribution < -0.4 is 5.32 Å². The molecule has 0 aliphatic carbocycles. The van der Waals surface area contributed by atoms with Gasteiger partial charge < -0.3 is 15.2 Å². The highest BCUT2D eigenvalue weighted by atomic mass is 127. The van der Waals surface area contributed by atoms with Crippen molar-refractivity contribution in [1.82, 2.24) is 0 Å². The minimum atomic E-state index is -1.02. The monoisotopic (exact) mass is 349 g/mol. The second-order valence-electron chi connectivity index (χ2n) is 3.32. The molecular weight excluding hydrogens is 337 g/mol. The third kappa shape index (κ3) is 4.70. The van der Waals surface area contributed by atoms with Crippen molar-refractivity contribution in [2.75, 3.05) is 19.0 Å². The van der Waals surface area contributed by atoms with Crippen LogP contribution in [0.25, 0.3) is 0 Å². The van der Waals surface area contributed by atoms with Crippen LogP contribution in [-0.4, -0.2) is 30.7 Å². The summed E-state index contributed by atoms with van der Waals surface area (Å²) >= 11 is 2.00. The van der Waals surface area contributed by atoms with Crippen LogP contribution in [0, 0.1) is 3.57 Å². The fourth-order valence-electron chi connectivity index (χ4n) is 1.20. The minimum Gasteiger partial charge on any atom is -0.478 e. The van der Waals surface area contributed by atoms with Crippen LogP contribution in [-0.2, 0) is 9.53 Å². The van der Waals surface area contributed by atoms with E-state index in [-0.39, 0.29) is 17.9 Å². The van der Waals surface area contributed by atoms with E-state index in [1.165, 1.54) is 19.2 Å². The molecule has 1 aromatic rings. The standard InChI is InChI=1S/C11H12INO4/c1-17-3-2-10(14)13-9-5-7(11(15)16)4-8(12)6-9/h4-6H,2-3H2,1H3,(H,13,14)(H,15,16). The van der Waals surface area contributed by atoms with Gasteiger partial charge in [-0.05, 0) is 40.8 Å². The predicted molar refractivity (Wildman–Crippen MR) is 71.2 cm³/mol. The number of anilines is 1. The van der Waals surface area contributed by atoms with Gasteiger partial charge in [-0.25, -0.2) is 4.79 Å². The summed E-state index contributed by atoms with van der Waals surface area (Å²) in [6, 6.07) is 4.67. The summed E-state index contributed by atoms with van der Waals surface area (Å²) in [6.45, 7) is 0.335. The zero-order valence-corrected chi connectivity index (χ0v) is 11.4. The highest BCUT2D eigenvalue weighted by Gasteiger charge is 2.08. The van der Waals surface area contributed by atoms with Gasteiger partial charge in [0.15, 0.2) is 0 Å². The minimum absolute atomic E-state index is 0.152. The molecule has 0 heterocycles. The van der Waals surface area contributed by atoms with Gasteiger partial charge in [-0.3, -0.25) is 4.79 Å². The number of benzene rings is 1. The molecule has 0 fully saturated rings. The van der Waals surface area contributed by atoms with Gasteiger partial charge in [-0.15, -0.1) is 0 Å². The van der Waals surface area contributed by atoms with Gasteiger partial charge in [0.1, 0.15) is 0 Å². The molecule has 17 heavy (non-hydrogen) atoms. The number of ether oxygens (including phenoxy) is 1. The summed E-state index contributed by atoms with van der Waals surface area (Å²) in [5.41, 5.74) is 0.634. The van der Waals surface area contributed by atoms with Gasteiger partial charge >= 0.3 is 5.97 Å². The van der Waals surface area contributed by atoms with E-state index in [1.807, 2.05) is 22.6 Å². The summed E-state index contributed by atoms with van der Waals surface area (Å²) in [6.07, 6.45) is 0.240. The fraction of sp³-hybridized carbons (Fsp3) is 0.273. The number of carbonyl (C=O) groups is 2. The van der Waals surface area contributed by atoms with Crippen molar-refractivity contribution in [3.8, 4) is 0 Å². The van der Waals surface area contributed by atoms with Gasteiger partial charge in [0.2, 0.25) is 5.91 Å². The third-order valence-electron chi connectivity index (χ3n) is 1.96. The summed E-state index contributed by atoms with van der Waals surface area (Å²) in [5.74, 6) is -1.22. The van der Waals surface area contributed by atoms with E-state index in [4.69, 9.17) is 9.84 Å². The lowest BCUT2D eigenvalue weighted by atomic mass is 10.2. The average Bonchev–Trinajstić information content (AvgIpc) is 2.25. The van der Waals surface area contributed by atoms with Gasteiger partial charge in [0, 0.05) is 16.4 Å². The number of methoxy groups -OCH3 is 1. The summed E-state index contributed by atoms with van der Waals surface area (Å²) in [4.78, 5) is 22.2. The van der Waals surface area contributed by atoms with Crippen molar-refractivity contribution in [3.05, 3.63) is 27.3 Å². The Morgan fingerprint density at radius 1 is 1.41 bits per heavy atom. The topological polar surface area (TPSA) is 75.6 Å². The van der Waals surface area contributed by atoms with Crippen molar-refractivity contribution >= 4 is 40.2 Å². The van der Waals surface area contributed by atoms with E-state index in [0.717, 1.165) is 3.57 Å². The summed E-state index contributed by atoms with van der Waals surface area (Å²) in [5, 5.41) is 11.5. The van der Waals surface area contributed by atoms with Gasteiger partial charge in [0.25, 0.3) is 0 Å². The first-order valence-corrected chi connectivity index (χ1v) is 5.93. The third-order valence-corrected chi connectivity index (χ3v) is 2.58. The van der Waals surface area contributed by atoms with Gasteiger partial charge in [-0.2, -0.15) is 0 Å². The van der Waals surface area contributed by atoms with Crippen molar-refractivity contribution in [2.45, 2.75) is 6.42 Å². The molecule has 1 amide bonds. The highest BCUT2D eigenvalue weighted by Crippen LogP contribution is 2.17. The molecule has 1 rings (SSSR count). The Kier molecular flexibility index (Phi) is 5.36. The Balaban J connectivity index is 2.77. The Labute approximate surface area is 112 Å². The van der Waals surface area contributed by atoms with Gasteiger partial charge in [0.05, 0.1) is 18.6 Å². The van der Waals surface area contributed by atoms with E-state index in [2.05, 4.69) is 5.32 Å². The van der Waals surface area contributed by atoms with Crippen LogP contribution >= 0.6 is 22.6 Å². The average molecular weight is 349 g/mol. The number of hydrogen-bond donors (Lipinski definition) is 2. The number of amides is 1. The zero-order valence-electron chi connectivity index (χ0n) is 9.20.